The number of nitrogens with zero attached hydrogens (tertiary/aromatic N) is 1. The molecule has 0 aromatic heterocycles. The van der Waals surface area contributed by atoms with Crippen LogP contribution in [0, 0.1) is 0 Å². The molecule has 1 aromatic carbocycles. The van der Waals surface area contributed by atoms with Gasteiger partial charge in [0.05, 0.1) is 6.04 Å². The number of benzene rings is 1. The van der Waals surface area contributed by atoms with Crippen LogP contribution in [-0.2, 0) is 0 Å². The first-order valence-electron chi connectivity index (χ1n) is 6.46. The Hall–Kier alpha value is -0.280. The van der Waals surface area contributed by atoms with Crippen molar-refractivity contribution in [1.82, 2.24) is 4.90 Å². The number of halogens is 2. The highest BCUT2D eigenvalue weighted by molar-refractivity contribution is 6.34. The standard InChI is InChI=1S/C14H20Cl2N2/c1-9(2)18-5-3-4-13(17)14(18)10-6-11(15)8-12(16)7-10/h6-9,13-14H,3-5,17H2,1-2H3. The van der Waals surface area contributed by atoms with Gasteiger partial charge < -0.3 is 5.73 Å². The van der Waals surface area contributed by atoms with Crippen LogP contribution in [0.15, 0.2) is 18.2 Å². The van der Waals surface area contributed by atoms with Crippen LogP contribution in [0.5, 0.6) is 0 Å². The van der Waals surface area contributed by atoms with Crippen LogP contribution < -0.4 is 5.73 Å². The Morgan fingerprint density at radius 3 is 2.39 bits per heavy atom. The maximum absolute atomic E-state index is 6.31. The highest BCUT2D eigenvalue weighted by atomic mass is 35.5. The van der Waals surface area contributed by atoms with Gasteiger partial charge in [0.25, 0.3) is 0 Å². The number of hydrogen-bond donors (Lipinski definition) is 1. The van der Waals surface area contributed by atoms with Gasteiger partial charge in [0, 0.05) is 22.1 Å². The average molecular weight is 287 g/mol. The van der Waals surface area contributed by atoms with Crippen LogP contribution in [0.1, 0.15) is 38.3 Å². The van der Waals surface area contributed by atoms with E-state index in [1.54, 1.807) is 6.07 Å². The molecule has 1 heterocycles. The Labute approximate surface area is 119 Å². The van der Waals surface area contributed by atoms with Gasteiger partial charge in [0.2, 0.25) is 0 Å². The summed E-state index contributed by atoms with van der Waals surface area (Å²) in [5.74, 6) is 0. The zero-order valence-electron chi connectivity index (χ0n) is 10.9. The number of piperidine rings is 1. The lowest BCUT2D eigenvalue weighted by molar-refractivity contribution is 0.0947. The third kappa shape index (κ3) is 3.00. The molecule has 1 aromatic rings. The van der Waals surface area contributed by atoms with Crippen LogP contribution in [-0.4, -0.2) is 23.5 Å². The molecule has 100 valence electrons. The van der Waals surface area contributed by atoms with Crippen molar-refractivity contribution >= 4 is 23.2 Å². The second-order valence-electron chi connectivity index (χ2n) is 5.29. The largest absolute Gasteiger partial charge is 0.326 e. The molecular formula is C14H20Cl2N2. The SMILES string of the molecule is CC(C)N1CCCC(N)C1c1cc(Cl)cc(Cl)c1. The van der Waals surface area contributed by atoms with Crippen molar-refractivity contribution < 1.29 is 0 Å². The summed E-state index contributed by atoms with van der Waals surface area (Å²) in [4.78, 5) is 2.44. The number of nitrogens with two attached hydrogens (primary N) is 1. The third-order valence-corrected chi connectivity index (χ3v) is 4.04. The van der Waals surface area contributed by atoms with E-state index in [2.05, 4.69) is 18.7 Å². The molecule has 2 nitrogen and oxygen atoms in total. The lowest BCUT2D eigenvalue weighted by atomic mass is 9.90. The van der Waals surface area contributed by atoms with Crippen molar-refractivity contribution in [1.29, 1.82) is 0 Å². The summed E-state index contributed by atoms with van der Waals surface area (Å²) in [5.41, 5.74) is 7.44. The van der Waals surface area contributed by atoms with E-state index in [9.17, 15) is 0 Å². The Morgan fingerprint density at radius 2 is 1.83 bits per heavy atom. The quantitative estimate of drug-likeness (QED) is 0.894. The molecule has 1 aliphatic rings. The summed E-state index contributed by atoms with van der Waals surface area (Å²) in [6.07, 6.45) is 2.21. The molecule has 1 aliphatic heterocycles. The highest BCUT2D eigenvalue weighted by Crippen LogP contribution is 2.34. The van der Waals surface area contributed by atoms with Gasteiger partial charge in [-0.3, -0.25) is 4.90 Å². The molecule has 1 saturated heterocycles. The molecule has 2 unspecified atom stereocenters. The summed E-state index contributed by atoms with van der Waals surface area (Å²) in [6.45, 7) is 5.49. The lowest BCUT2D eigenvalue weighted by Crippen LogP contribution is -2.48. The van der Waals surface area contributed by atoms with Gasteiger partial charge in [-0.05, 0) is 57.0 Å². The summed E-state index contributed by atoms with van der Waals surface area (Å²) in [7, 11) is 0. The van der Waals surface area contributed by atoms with Crippen molar-refractivity contribution in [2.75, 3.05) is 6.54 Å². The smallest absolute Gasteiger partial charge is 0.0502 e. The molecule has 0 radical (unpaired) electrons. The van der Waals surface area contributed by atoms with Crippen LogP contribution in [0.2, 0.25) is 10.0 Å². The van der Waals surface area contributed by atoms with Gasteiger partial charge in [0.15, 0.2) is 0 Å². The molecule has 2 N–H and O–H groups in total. The first-order chi connectivity index (χ1) is 8.49. The predicted molar refractivity (Wildman–Crippen MR) is 78.3 cm³/mol. The first-order valence-corrected chi connectivity index (χ1v) is 7.22. The van der Waals surface area contributed by atoms with E-state index in [-0.39, 0.29) is 12.1 Å². The molecule has 0 spiro atoms. The number of likely N-dealkylation sites (tertiary alicyclic amines) is 1. The van der Waals surface area contributed by atoms with Crippen LogP contribution >= 0.6 is 23.2 Å². The Morgan fingerprint density at radius 1 is 1.22 bits per heavy atom. The van der Waals surface area contributed by atoms with Crippen molar-refractivity contribution in [3.05, 3.63) is 33.8 Å². The molecule has 18 heavy (non-hydrogen) atoms. The van der Waals surface area contributed by atoms with Gasteiger partial charge >= 0.3 is 0 Å². The molecule has 2 rings (SSSR count). The van der Waals surface area contributed by atoms with Crippen molar-refractivity contribution in [3.63, 3.8) is 0 Å². The highest BCUT2D eigenvalue weighted by Gasteiger charge is 2.32. The molecular weight excluding hydrogens is 267 g/mol. The van der Waals surface area contributed by atoms with E-state index in [0.29, 0.717) is 16.1 Å². The predicted octanol–water partition coefficient (Wildman–Crippen LogP) is 3.87. The minimum Gasteiger partial charge on any atom is -0.326 e. The van der Waals surface area contributed by atoms with Crippen molar-refractivity contribution in [2.45, 2.75) is 44.8 Å². The molecule has 0 saturated carbocycles. The normalized spacial score (nSPS) is 25.7. The Kier molecular flexibility index (Phi) is 4.54. The summed E-state index contributed by atoms with van der Waals surface area (Å²) in [6, 6.07) is 6.57. The van der Waals surface area contributed by atoms with Gasteiger partial charge in [-0.1, -0.05) is 23.2 Å². The molecule has 0 amide bonds. The zero-order valence-corrected chi connectivity index (χ0v) is 12.4. The van der Waals surface area contributed by atoms with Crippen molar-refractivity contribution in [2.24, 2.45) is 5.73 Å². The van der Waals surface area contributed by atoms with Crippen molar-refractivity contribution in [3.8, 4) is 0 Å². The molecule has 0 aliphatic carbocycles. The van der Waals surface area contributed by atoms with Gasteiger partial charge in [-0.15, -0.1) is 0 Å². The third-order valence-electron chi connectivity index (χ3n) is 3.61. The summed E-state index contributed by atoms with van der Waals surface area (Å²) in [5, 5.41) is 1.36. The minimum absolute atomic E-state index is 0.149. The Balaban J connectivity index is 2.37. The number of rotatable bonds is 2. The van der Waals surface area contributed by atoms with Crippen LogP contribution in [0.4, 0.5) is 0 Å². The first kappa shape index (κ1) is 14.1. The van der Waals surface area contributed by atoms with Crippen LogP contribution in [0.25, 0.3) is 0 Å². The van der Waals surface area contributed by atoms with E-state index in [1.807, 2.05) is 12.1 Å². The van der Waals surface area contributed by atoms with E-state index < -0.39 is 0 Å². The molecule has 1 fully saturated rings. The second-order valence-corrected chi connectivity index (χ2v) is 6.16. The van der Waals surface area contributed by atoms with E-state index in [1.165, 1.54) is 0 Å². The summed E-state index contributed by atoms with van der Waals surface area (Å²) < 4.78 is 0. The lowest BCUT2D eigenvalue weighted by Gasteiger charge is -2.42. The van der Waals surface area contributed by atoms with E-state index >= 15 is 0 Å². The van der Waals surface area contributed by atoms with Gasteiger partial charge in [-0.2, -0.15) is 0 Å². The van der Waals surface area contributed by atoms with E-state index in [0.717, 1.165) is 24.9 Å². The number of hydrogen-bond acceptors (Lipinski definition) is 2. The maximum Gasteiger partial charge on any atom is 0.0502 e. The van der Waals surface area contributed by atoms with Gasteiger partial charge in [0.1, 0.15) is 0 Å². The molecule has 0 bridgehead atoms. The fourth-order valence-corrected chi connectivity index (χ4v) is 3.36. The van der Waals surface area contributed by atoms with E-state index in [4.69, 9.17) is 28.9 Å². The fourth-order valence-electron chi connectivity index (χ4n) is 2.82. The second kappa shape index (κ2) is 5.79. The average Bonchev–Trinajstić information content (AvgIpc) is 2.26. The van der Waals surface area contributed by atoms with Gasteiger partial charge in [-0.25, -0.2) is 0 Å². The Bertz CT molecular complexity index is 400. The monoisotopic (exact) mass is 286 g/mol. The maximum atomic E-state index is 6.31. The van der Waals surface area contributed by atoms with Crippen LogP contribution in [0.3, 0.4) is 0 Å². The fraction of sp³-hybridized carbons (Fsp3) is 0.571. The molecule has 4 heteroatoms. The summed E-state index contributed by atoms with van der Waals surface area (Å²) >= 11 is 12.2. The minimum atomic E-state index is 0.149. The topological polar surface area (TPSA) is 29.3 Å². The molecule has 2 atom stereocenters. The zero-order chi connectivity index (χ0) is 13.3.